The van der Waals surface area contributed by atoms with Crippen LogP contribution in [0.15, 0.2) is 18.2 Å². The minimum Gasteiger partial charge on any atom is -0.364 e. The lowest BCUT2D eigenvalue weighted by Gasteiger charge is -2.42. The maximum absolute atomic E-state index is 13.6. The van der Waals surface area contributed by atoms with Crippen molar-refractivity contribution in [1.82, 2.24) is 5.32 Å². The van der Waals surface area contributed by atoms with Crippen LogP contribution in [-0.4, -0.2) is 18.7 Å². The molecule has 1 aliphatic heterocycles. The summed E-state index contributed by atoms with van der Waals surface area (Å²) in [4.78, 5) is 0. The van der Waals surface area contributed by atoms with E-state index in [0.29, 0.717) is 11.5 Å². The molecule has 0 aromatic heterocycles. The van der Waals surface area contributed by atoms with E-state index in [1.54, 1.807) is 13.0 Å². The summed E-state index contributed by atoms with van der Waals surface area (Å²) >= 11 is 0. The smallest absolute Gasteiger partial charge is 0.126 e. The number of hydrogen-bond donors (Lipinski definition) is 1. The first kappa shape index (κ1) is 13.5. The first-order valence-corrected chi connectivity index (χ1v) is 6.57. The van der Waals surface area contributed by atoms with Gasteiger partial charge in [-0.05, 0) is 37.0 Å². The Hall–Kier alpha value is -0.930. The molecule has 0 amide bonds. The highest BCUT2D eigenvalue weighted by molar-refractivity contribution is 5.25. The van der Waals surface area contributed by atoms with Crippen molar-refractivity contribution in [1.29, 1.82) is 0 Å². The Morgan fingerprint density at radius 3 is 2.78 bits per heavy atom. The minimum absolute atomic E-state index is 0.0683. The average molecular weight is 251 g/mol. The van der Waals surface area contributed by atoms with Crippen LogP contribution in [0.2, 0.25) is 0 Å². The zero-order chi connectivity index (χ0) is 13.3. The van der Waals surface area contributed by atoms with Crippen LogP contribution in [0.25, 0.3) is 0 Å². The van der Waals surface area contributed by atoms with Gasteiger partial charge in [-0.25, -0.2) is 4.39 Å². The monoisotopic (exact) mass is 251 g/mol. The Kier molecular flexibility index (Phi) is 3.74. The molecule has 2 rings (SSSR count). The van der Waals surface area contributed by atoms with E-state index in [9.17, 15) is 4.39 Å². The van der Waals surface area contributed by atoms with Gasteiger partial charge in [0.15, 0.2) is 0 Å². The number of halogens is 1. The van der Waals surface area contributed by atoms with Crippen molar-refractivity contribution in [3.05, 3.63) is 35.1 Å². The second kappa shape index (κ2) is 4.98. The normalized spacial score (nSPS) is 28.7. The highest BCUT2D eigenvalue weighted by Crippen LogP contribution is 2.32. The van der Waals surface area contributed by atoms with Crippen molar-refractivity contribution in [3.8, 4) is 0 Å². The summed E-state index contributed by atoms with van der Waals surface area (Å²) in [5.74, 6) is 0.260. The fourth-order valence-corrected chi connectivity index (χ4v) is 2.20. The molecule has 0 aliphatic carbocycles. The summed E-state index contributed by atoms with van der Waals surface area (Å²) in [7, 11) is 0. The SMILES string of the molecule is Cc1ccc(C2CNCC(C)(C(C)C)O2)cc1F. The van der Waals surface area contributed by atoms with Crippen molar-refractivity contribution in [2.24, 2.45) is 5.92 Å². The fraction of sp³-hybridized carbons (Fsp3) is 0.600. The Labute approximate surface area is 109 Å². The van der Waals surface area contributed by atoms with Gasteiger partial charge in [0, 0.05) is 13.1 Å². The molecule has 1 N–H and O–H groups in total. The predicted molar refractivity (Wildman–Crippen MR) is 71.1 cm³/mol. The van der Waals surface area contributed by atoms with Gasteiger partial charge < -0.3 is 10.1 Å². The van der Waals surface area contributed by atoms with Gasteiger partial charge in [-0.1, -0.05) is 26.0 Å². The van der Waals surface area contributed by atoms with Gasteiger partial charge in [-0.15, -0.1) is 0 Å². The first-order valence-electron chi connectivity index (χ1n) is 6.57. The summed E-state index contributed by atoms with van der Waals surface area (Å²) in [6.07, 6.45) is -0.0683. The standard InChI is InChI=1S/C15H22FNO/c1-10(2)15(4)9-17-8-14(18-15)12-6-5-11(3)13(16)7-12/h5-7,10,14,17H,8-9H2,1-4H3. The van der Waals surface area contributed by atoms with Crippen molar-refractivity contribution in [2.75, 3.05) is 13.1 Å². The molecule has 1 fully saturated rings. The molecule has 0 saturated carbocycles. The summed E-state index contributed by atoms with van der Waals surface area (Å²) in [6.45, 7) is 9.78. The molecule has 3 heteroatoms. The molecular formula is C15H22FNO. The summed E-state index contributed by atoms with van der Waals surface area (Å²) < 4.78 is 19.8. The second-order valence-electron chi connectivity index (χ2n) is 5.71. The lowest BCUT2D eigenvalue weighted by atomic mass is 9.89. The molecule has 1 aliphatic rings. The van der Waals surface area contributed by atoms with Crippen molar-refractivity contribution in [3.63, 3.8) is 0 Å². The Bertz CT molecular complexity index is 433. The molecule has 1 heterocycles. The highest BCUT2D eigenvalue weighted by Gasteiger charge is 2.36. The summed E-state index contributed by atoms with van der Waals surface area (Å²) in [5.41, 5.74) is 1.40. The van der Waals surface area contributed by atoms with Crippen molar-refractivity contribution in [2.45, 2.75) is 39.4 Å². The molecule has 1 aromatic rings. The topological polar surface area (TPSA) is 21.3 Å². The van der Waals surface area contributed by atoms with Crippen LogP contribution in [0, 0.1) is 18.7 Å². The van der Waals surface area contributed by atoms with Crippen LogP contribution in [0.5, 0.6) is 0 Å². The molecule has 18 heavy (non-hydrogen) atoms. The van der Waals surface area contributed by atoms with Gasteiger partial charge in [0.25, 0.3) is 0 Å². The molecule has 1 saturated heterocycles. The van der Waals surface area contributed by atoms with Gasteiger partial charge in [0.1, 0.15) is 5.82 Å². The number of morpholine rings is 1. The van der Waals surface area contributed by atoms with Crippen LogP contribution >= 0.6 is 0 Å². The molecule has 2 nitrogen and oxygen atoms in total. The van der Waals surface area contributed by atoms with Crippen molar-refractivity contribution < 1.29 is 9.13 Å². The van der Waals surface area contributed by atoms with Crippen LogP contribution in [0.1, 0.15) is 38.0 Å². The molecule has 0 radical (unpaired) electrons. The Morgan fingerprint density at radius 2 is 2.17 bits per heavy atom. The highest BCUT2D eigenvalue weighted by atomic mass is 19.1. The van der Waals surface area contributed by atoms with E-state index < -0.39 is 0 Å². The first-order chi connectivity index (χ1) is 8.42. The lowest BCUT2D eigenvalue weighted by molar-refractivity contribution is -0.132. The maximum Gasteiger partial charge on any atom is 0.126 e. The summed E-state index contributed by atoms with van der Waals surface area (Å²) in [5, 5.41) is 3.39. The number of nitrogens with one attached hydrogen (secondary N) is 1. The van der Waals surface area contributed by atoms with Gasteiger partial charge in [0.2, 0.25) is 0 Å². The second-order valence-corrected chi connectivity index (χ2v) is 5.71. The Morgan fingerprint density at radius 1 is 1.44 bits per heavy atom. The maximum atomic E-state index is 13.6. The third kappa shape index (κ3) is 2.57. The van der Waals surface area contributed by atoms with E-state index in [0.717, 1.165) is 18.7 Å². The molecule has 2 unspecified atom stereocenters. The third-order valence-corrected chi connectivity index (χ3v) is 4.01. The van der Waals surface area contributed by atoms with Gasteiger partial charge >= 0.3 is 0 Å². The molecular weight excluding hydrogens is 229 g/mol. The number of ether oxygens (including phenoxy) is 1. The van der Waals surface area contributed by atoms with E-state index in [-0.39, 0.29) is 17.5 Å². The van der Waals surface area contributed by atoms with Crippen LogP contribution < -0.4 is 5.32 Å². The van der Waals surface area contributed by atoms with Crippen LogP contribution in [0.3, 0.4) is 0 Å². The minimum atomic E-state index is -0.190. The van der Waals surface area contributed by atoms with E-state index >= 15 is 0 Å². The molecule has 2 atom stereocenters. The molecule has 0 spiro atoms. The van der Waals surface area contributed by atoms with E-state index in [2.05, 4.69) is 26.1 Å². The van der Waals surface area contributed by atoms with Crippen LogP contribution in [0.4, 0.5) is 4.39 Å². The van der Waals surface area contributed by atoms with Crippen LogP contribution in [-0.2, 0) is 4.74 Å². The number of rotatable bonds is 2. The molecule has 100 valence electrons. The zero-order valence-corrected chi connectivity index (χ0v) is 11.6. The zero-order valence-electron chi connectivity index (χ0n) is 11.6. The molecule has 1 aromatic carbocycles. The van der Waals surface area contributed by atoms with Gasteiger partial charge in [0.05, 0.1) is 11.7 Å². The number of hydrogen-bond acceptors (Lipinski definition) is 2. The fourth-order valence-electron chi connectivity index (χ4n) is 2.20. The average Bonchev–Trinajstić information content (AvgIpc) is 2.32. The molecule has 0 bridgehead atoms. The van der Waals surface area contributed by atoms with E-state index in [4.69, 9.17) is 4.74 Å². The lowest BCUT2D eigenvalue weighted by Crippen LogP contribution is -2.52. The van der Waals surface area contributed by atoms with Gasteiger partial charge in [-0.3, -0.25) is 0 Å². The van der Waals surface area contributed by atoms with E-state index in [1.807, 2.05) is 12.1 Å². The van der Waals surface area contributed by atoms with Crippen molar-refractivity contribution >= 4 is 0 Å². The third-order valence-electron chi connectivity index (χ3n) is 4.01. The Balaban J connectivity index is 2.20. The predicted octanol–water partition coefficient (Wildman–Crippen LogP) is 3.21. The van der Waals surface area contributed by atoms with E-state index in [1.165, 1.54) is 0 Å². The van der Waals surface area contributed by atoms with Gasteiger partial charge in [-0.2, -0.15) is 0 Å². The summed E-state index contributed by atoms with van der Waals surface area (Å²) in [6, 6.07) is 5.36. The quantitative estimate of drug-likeness (QED) is 0.871. The number of aryl methyl sites for hydroxylation is 1. The largest absolute Gasteiger partial charge is 0.364 e. The number of benzene rings is 1.